The van der Waals surface area contributed by atoms with Gasteiger partial charge in [-0.25, -0.2) is 4.39 Å². The molecule has 0 aliphatic carbocycles. The van der Waals surface area contributed by atoms with Crippen molar-refractivity contribution in [1.82, 2.24) is 0 Å². The third-order valence-electron chi connectivity index (χ3n) is 12.9. The van der Waals surface area contributed by atoms with E-state index in [1.165, 1.54) is 54.6 Å². The third-order valence-corrected chi connectivity index (χ3v) is 12.9. The third kappa shape index (κ3) is 14.8. The number of anilines is 2. The van der Waals surface area contributed by atoms with Crippen LogP contribution < -0.4 is 29.6 Å². The van der Waals surface area contributed by atoms with Crippen LogP contribution in [0.1, 0.15) is 44.5 Å². The molecule has 0 radical (unpaired) electrons. The van der Waals surface area contributed by atoms with Crippen molar-refractivity contribution in [2.45, 2.75) is 55.0 Å². The molecule has 80 heavy (non-hydrogen) atoms. The zero-order valence-electron chi connectivity index (χ0n) is 41.2. The lowest BCUT2D eigenvalue weighted by atomic mass is 9.69. The zero-order chi connectivity index (χ0) is 57.6. The highest BCUT2D eigenvalue weighted by atomic mass is 19.4. The number of alkyl halides is 14. The molecule has 0 amide bonds. The van der Waals surface area contributed by atoms with E-state index in [4.69, 9.17) is 0 Å². The first kappa shape index (κ1) is 57.7. The van der Waals surface area contributed by atoms with Crippen LogP contribution >= 0.6 is 0 Å². The van der Waals surface area contributed by atoms with Gasteiger partial charge in [-0.3, -0.25) is 0 Å². The van der Waals surface area contributed by atoms with E-state index in [1.807, 2.05) is 0 Å². The molecule has 1 atom stereocenters. The maximum Gasteiger partial charge on any atom is 0.573 e. The number of hydrogen-bond acceptors (Lipinski definition) is 6. The fourth-order valence-corrected chi connectivity index (χ4v) is 9.51. The zero-order valence-corrected chi connectivity index (χ0v) is 41.2. The Morgan fingerprint density at radius 3 is 1.11 bits per heavy atom. The first-order valence-corrected chi connectivity index (χ1v) is 24.0. The van der Waals surface area contributed by atoms with Crippen molar-refractivity contribution in [1.29, 1.82) is 0 Å². The number of nitrogens with one attached hydrogen (secondary N) is 2. The molecule has 0 spiro atoms. The summed E-state index contributed by atoms with van der Waals surface area (Å²) in [6, 6.07) is 41.7. The SMILES string of the molecule is Fc1cccc(NCC(Cc2ccccc2)(c2cccc(OC(F)(F)F)c2)c2ccc(C(F)(F)c3cccc(NCC(Cc4ccccc4)(c4cccc(OC(F)(F)F)c4)c4cccc(OC(F)(F)F)c4)c3)c(OC(F)(F)F)c2)c1. The van der Waals surface area contributed by atoms with Crippen LogP contribution in [0.5, 0.6) is 23.0 Å². The lowest BCUT2D eigenvalue weighted by Gasteiger charge is -2.37. The van der Waals surface area contributed by atoms with Gasteiger partial charge in [-0.2, -0.15) is 8.78 Å². The molecule has 418 valence electrons. The number of hydrogen-bond donors (Lipinski definition) is 2. The molecule has 6 nitrogen and oxygen atoms in total. The highest BCUT2D eigenvalue weighted by molar-refractivity contribution is 5.57. The normalized spacial score (nSPS) is 13.2. The fraction of sp³-hybridized carbons (Fsp3) is 0.186. The fourth-order valence-electron chi connectivity index (χ4n) is 9.51. The predicted octanol–water partition coefficient (Wildman–Crippen LogP) is 16.8. The Bertz CT molecular complexity index is 3310. The van der Waals surface area contributed by atoms with E-state index >= 15 is 8.78 Å². The van der Waals surface area contributed by atoms with Crippen LogP contribution in [0.2, 0.25) is 0 Å². The largest absolute Gasteiger partial charge is 0.573 e. The minimum absolute atomic E-state index is 0.00852. The Hall–Kier alpha value is -8.49. The minimum Gasteiger partial charge on any atom is -0.406 e. The summed E-state index contributed by atoms with van der Waals surface area (Å²) in [5, 5.41) is 6.01. The maximum absolute atomic E-state index is 17.4. The molecule has 0 fully saturated rings. The minimum atomic E-state index is -5.62. The van der Waals surface area contributed by atoms with Crippen molar-refractivity contribution in [2.75, 3.05) is 23.7 Å². The average Bonchev–Trinajstić information content (AvgIpc) is 3.59. The average molecular weight is 1130 g/mol. The Kier molecular flexibility index (Phi) is 16.6. The molecule has 0 aromatic heterocycles. The lowest BCUT2D eigenvalue weighted by molar-refractivity contribution is -0.276. The van der Waals surface area contributed by atoms with Gasteiger partial charge in [-0.1, -0.05) is 121 Å². The van der Waals surface area contributed by atoms with Gasteiger partial charge in [0.05, 0.1) is 5.56 Å². The monoisotopic (exact) mass is 1130 g/mol. The van der Waals surface area contributed by atoms with E-state index in [1.54, 1.807) is 60.7 Å². The molecule has 2 N–H and O–H groups in total. The molecule has 0 saturated carbocycles. The number of benzene rings is 8. The molecule has 0 saturated heterocycles. The van der Waals surface area contributed by atoms with Crippen LogP contribution in [0.15, 0.2) is 200 Å². The molecule has 0 aliphatic rings. The summed E-state index contributed by atoms with van der Waals surface area (Å²) < 4.78 is 233. The summed E-state index contributed by atoms with van der Waals surface area (Å²) in [4.78, 5) is 0. The maximum atomic E-state index is 17.4. The molecule has 0 bridgehead atoms. The van der Waals surface area contributed by atoms with Gasteiger partial charge in [-0.05, 0) is 125 Å². The van der Waals surface area contributed by atoms with Crippen LogP contribution in [0.4, 0.5) is 77.2 Å². The topological polar surface area (TPSA) is 61.0 Å². The second-order valence-electron chi connectivity index (χ2n) is 18.3. The number of halogens is 15. The molecule has 21 heteroatoms. The van der Waals surface area contributed by atoms with Crippen LogP contribution in [-0.2, 0) is 29.6 Å². The number of ether oxygens (including phenoxy) is 4. The lowest BCUT2D eigenvalue weighted by Crippen LogP contribution is -2.38. The highest BCUT2D eigenvalue weighted by Crippen LogP contribution is 2.48. The van der Waals surface area contributed by atoms with Crippen molar-refractivity contribution < 1.29 is 84.8 Å². The standard InChI is InChI=1S/C59H43F15N2O4/c60-45-20-11-22-47(33-45)76-37-54(35-39-14-5-2-6-15-39,42-18-10-25-50(31-42)79-58(69,70)71)43-26-27-51(52(32-43)80-59(72,73)74)55(61,62)44-19-7-21-46(28-44)75-36-53(34-38-12-3-1-4-13-38,40-16-8-23-48(29-40)77-56(63,64)65)41-17-9-24-49(30-41)78-57(66,67)68/h1-33,75-76H,34-37H2. The van der Waals surface area contributed by atoms with Crippen molar-refractivity contribution in [2.24, 2.45) is 0 Å². The Morgan fingerprint density at radius 1 is 0.325 bits per heavy atom. The Balaban J connectivity index is 1.25. The van der Waals surface area contributed by atoms with Gasteiger partial charge in [0.15, 0.2) is 0 Å². The van der Waals surface area contributed by atoms with Gasteiger partial charge < -0.3 is 29.6 Å². The molecule has 0 aliphatic heterocycles. The van der Waals surface area contributed by atoms with Gasteiger partial charge in [0.25, 0.3) is 0 Å². The summed E-state index contributed by atoms with van der Waals surface area (Å²) in [6.45, 7) is -0.859. The molecule has 0 heterocycles. The second-order valence-corrected chi connectivity index (χ2v) is 18.3. The van der Waals surface area contributed by atoms with Gasteiger partial charge in [0.1, 0.15) is 28.8 Å². The summed E-state index contributed by atoms with van der Waals surface area (Å²) >= 11 is 0. The van der Waals surface area contributed by atoms with Crippen LogP contribution in [-0.4, -0.2) is 38.5 Å². The molecule has 8 aromatic rings. The van der Waals surface area contributed by atoms with Gasteiger partial charge in [0.2, 0.25) is 0 Å². The van der Waals surface area contributed by atoms with Crippen molar-refractivity contribution in [3.8, 4) is 23.0 Å². The van der Waals surface area contributed by atoms with E-state index in [-0.39, 0.29) is 46.5 Å². The number of rotatable bonds is 20. The first-order valence-electron chi connectivity index (χ1n) is 24.0. The second kappa shape index (κ2) is 23.1. The summed E-state index contributed by atoms with van der Waals surface area (Å²) in [7, 11) is 0. The van der Waals surface area contributed by atoms with Gasteiger partial charge in [0, 0.05) is 40.9 Å². The van der Waals surface area contributed by atoms with Crippen molar-refractivity contribution in [3.63, 3.8) is 0 Å². The first-order chi connectivity index (χ1) is 37.7. The van der Waals surface area contributed by atoms with E-state index in [0.29, 0.717) is 23.3 Å². The molecular weight excluding hydrogens is 1090 g/mol. The Morgan fingerprint density at radius 2 is 0.700 bits per heavy atom. The smallest absolute Gasteiger partial charge is 0.406 e. The summed E-state index contributed by atoms with van der Waals surface area (Å²) in [5.74, 6) is -8.64. The van der Waals surface area contributed by atoms with Crippen LogP contribution in [0.3, 0.4) is 0 Å². The molecule has 1 unspecified atom stereocenters. The summed E-state index contributed by atoms with van der Waals surface area (Å²) in [5.41, 5.74) is -4.87. The Labute approximate surface area is 447 Å². The van der Waals surface area contributed by atoms with Gasteiger partial charge >= 0.3 is 31.4 Å². The van der Waals surface area contributed by atoms with E-state index in [0.717, 1.165) is 72.8 Å². The molecular formula is C59H43F15N2O4. The predicted molar refractivity (Wildman–Crippen MR) is 267 cm³/mol. The van der Waals surface area contributed by atoms with Gasteiger partial charge in [-0.15, -0.1) is 52.7 Å². The molecule has 8 rings (SSSR count). The molecule has 8 aromatic carbocycles. The van der Waals surface area contributed by atoms with E-state index in [2.05, 4.69) is 29.6 Å². The van der Waals surface area contributed by atoms with E-state index in [9.17, 15) is 57.1 Å². The quantitative estimate of drug-likeness (QED) is 0.0742. The summed E-state index contributed by atoms with van der Waals surface area (Å²) in [6.07, 6.45) is -21.5. The van der Waals surface area contributed by atoms with Crippen molar-refractivity contribution >= 4 is 11.4 Å². The van der Waals surface area contributed by atoms with Crippen LogP contribution in [0, 0.1) is 5.82 Å². The van der Waals surface area contributed by atoms with Crippen LogP contribution in [0.25, 0.3) is 0 Å². The van der Waals surface area contributed by atoms with Crippen molar-refractivity contribution in [3.05, 3.63) is 251 Å². The van der Waals surface area contributed by atoms with E-state index < -0.39 is 95.2 Å². The highest BCUT2D eigenvalue weighted by Gasteiger charge is 2.45.